The van der Waals surface area contributed by atoms with Crippen molar-refractivity contribution >= 4 is 18.3 Å². The van der Waals surface area contributed by atoms with Gasteiger partial charge in [-0.05, 0) is 13.0 Å². The average molecular weight is 181 g/mol. The summed E-state index contributed by atoms with van der Waals surface area (Å²) in [7, 11) is 0. The summed E-state index contributed by atoms with van der Waals surface area (Å²) in [5.41, 5.74) is 4.89. The van der Waals surface area contributed by atoms with E-state index in [9.17, 15) is 4.79 Å². The average Bonchev–Trinajstić information content (AvgIpc) is 2.34. The van der Waals surface area contributed by atoms with Crippen LogP contribution in [-0.2, 0) is 9.53 Å². The minimum absolute atomic E-state index is 0. The molecule has 66 valence electrons. The summed E-state index contributed by atoms with van der Waals surface area (Å²) in [6.45, 7) is 1.86. The molecule has 0 aromatic rings. The number of hydrogen-bond donors (Lipinski definition) is 2. The molecule has 4 nitrogen and oxygen atoms in total. The zero-order chi connectivity index (χ0) is 7.40. The Hall–Kier alpha value is -0.320. The number of primary amides is 1. The van der Waals surface area contributed by atoms with E-state index in [0.29, 0.717) is 0 Å². The Bertz CT molecular complexity index is 126. The lowest BCUT2D eigenvalue weighted by Crippen LogP contribution is -2.24. The molecule has 1 rings (SSSR count). The van der Waals surface area contributed by atoms with Crippen LogP contribution in [0.25, 0.3) is 0 Å². The molecule has 1 atom stereocenters. The van der Waals surface area contributed by atoms with Gasteiger partial charge in [-0.2, -0.15) is 0 Å². The maximum absolute atomic E-state index is 10.2. The lowest BCUT2D eigenvalue weighted by atomic mass is 10.3. The van der Waals surface area contributed by atoms with Gasteiger partial charge in [0.05, 0.1) is 6.10 Å². The maximum Gasteiger partial charge on any atom is 0.243 e. The fourth-order valence-electron chi connectivity index (χ4n) is 0.970. The minimum Gasteiger partial charge on any atom is -0.368 e. The van der Waals surface area contributed by atoms with Crippen molar-refractivity contribution in [3.05, 3.63) is 0 Å². The van der Waals surface area contributed by atoms with Gasteiger partial charge in [0.25, 0.3) is 0 Å². The lowest BCUT2D eigenvalue weighted by Gasteiger charge is -2.06. The van der Waals surface area contributed by atoms with Crippen molar-refractivity contribution in [2.75, 3.05) is 19.7 Å². The van der Waals surface area contributed by atoms with Crippen LogP contribution >= 0.6 is 12.4 Å². The second kappa shape index (κ2) is 5.35. The molecule has 1 amide bonds. The third-order valence-corrected chi connectivity index (χ3v) is 1.48. The fourth-order valence-corrected chi connectivity index (χ4v) is 0.970. The molecule has 0 saturated carbocycles. The highest BCUT2D eigenvalue weighted by atomic mass is 35.5. The predicted molar refractivity (Wildman–Crippen MR) is 43.7 cm³/mol. The first-order chi connectivity index (χ1) is 4.79. The Morgan fingerprint density at radius 2 is 2.45 bits per heavy atom. The number of carbonyl (C=O) groups is 1. The molecule has 11 heavy (non-hydrogen) atoms. The van der Waals surface area contributed by atoms with Crippen LogP contribution in [0.5, 0.6) is 0 Å². The molecule has 0 radical (unpaired) electrons. The summed E-state index contributed by atoms with van der Waals surface area (Å²) < 4.78 is 5.13. The van der Waals surface area contributed by atoms with Gasteiger partial charge in [-0.1, -0.05) is 0 Å². The van der Waals surface area contributed by atoms with Gasteiger partial charge >= 0.3 is 0 Å². The van der Waals surface area contributed by atoms with Gasteiger partial charge in [0.1, 0.15) is 6.61 Å². The molecular weight excluding hydrogens is 168 g/mol. The topological polar surface area (TPSA) is 64.4 Å². The third-order valence-electron chi connectivity index (χ3n) is 1.48. The van der Waals surface area contributed by atoms with E-state index < -0.39 is 5.91 Å². The first-order valence-electron chi connectivity index (χ1n) is 3.39. The molecule has 1 fully saturated rings. The molecule has 0 aromatic heterocycles. The van der Waals surface area contributed by atoms with Gasteiger partial charge in [-0.15, -0.1) is 12.4 Å². The van der Waals surface area contributed by atoms with Crippen LogP contribution < -0.4 is 11.1 Å². The molecule has 0 bridgehead atoms. The standard InChI is InChI=1S/C6H12N2O2.ClH/c7-6(9)4-10-5-1-2-8-3-5;/h5,8H,1-4H2,(H2,7,9);1H. The van der Waals surface area contributed by atoms with E-state index in [2.05, 4.69) is 5.32 Å². The fraction of sp³-hybridized carbons (Fsp3) is 0.833. The van der Waals surface area contributed by atoms with E-state index in [4.69, 9.17) is 10.5 Å². The minimum atomic E-state index is -0.396. The number of rotatable bonds is 3. The van der Waals surface area contributed by atoms with Crippen molar-refractivity contribution in [3.8, 4) is 0 Å². The second-order valence-electron chi connectivity index (χ2n) is 2.39. The number of ether oxygens (including phenoxy) is 1. The highest BCUT2D eigenvalue weighted by molar-refractivity contribution is 5.85. The number of nitrogens with one attached hydrogen (secondary N) is 1. The van der Waals surface area contributed by atoms with Crippen molar-refractivity contribution in [2.24, 2.45) is 5.73 Å². The van der Waals surface area contributed by atoms with Gasteiger partial charge in [-0.3, -0.25) is 4.79 Å². The zero-order valence-electron chi connectivity index (χ0n) is 6.21. The summed E-state index contributed by atoms with van der Waals surface area (Å²) >= 11 is 0. The van der Waals surface area contributed by atoms with Crippen LogP contribution in [0.15, 0.2) is 0 Å². The van der Waals surface area contributed by atoms with Crippen LogP contribution in [0.1, 0.15) is 6.42 Å². The molecule has 0 aromatic carbocycles. The normalized spacial score (nSPS) is 22.7. The van der Waals surface area contributed by atoms with Crippen molar-refractivity contribution in [3.63, 3.8) is 0 Å². The number of halogens is 1. The van der Waals surface area contributed by atoms with Crippen molar-refractivity contribution < 1.29 is 9.53 Å². The first kappa shape index (κ1) is 10.7. The molecule has 1 heterocycles. The van der Waals surface area contributed by atoms with E-state index >= 15 is 0 Å². The van der Waals surface area contributed by atoms with E-state index in [1.165, 1.54) is 0 Å². The second-order valence-corrected chi connectivity index (χ2v) is 2.39. The highest BCUT2D eigenvalue weighted by Crippen LogP contribution is 2.01. The predicted octanol–water partition coefficient (Wildman–Crippen LogP) is -0.728. The molecule has 1 aliphatic heterocycles. The van der Waals surface area contributed by atoms with Gasteiger partial charge < -0.3 is 15.8 Å². The number of carbonyl (C=O) groups excluding carboxylic acids is 1. The molecule has 1 aliphatic rings. The third kappa shape index (κ3) is 4.19. The lowest BCUT2D eigenvalue weighted by molar-refractivity contribution is -0.124. The monoisotopic (exact) mass is 180 g/mol. The largest absolute Gasteiger partial charge is 0.368 e. The van der Waals surface area contributed by atoms with Crippen LogP contribution in [0, 0.1) is 0 Å². The molecule has 5 heteroatoms. The van der Waals surface area contributed by atoms with Crippen molar-refractivity contribution in [2.45, 2.75) is 12.5 Å². The Kier molecular flexibility index (Phi) is 5.19. The molecule has 1 unspecified atom stereocenters. The van der Waals surface area contributed by atoms with Crippen molar-refractivity contribution in [1.82, 2.24) is 5.32 Å². The van der Waals surface area contributed by atoms with E-state index in [1.807, 2.05) is 0 Å². The Labute approximate surface area is 71.9 Å². The van der Waals surface area contributed by atoms with Crippen molar-refractivity contribution in [1.29, 1.82) is 0 Å². The Morgan fingerprint density at radius 3 is 2.91 bits per heavy atom. The molecule has 0 aliphatic carbocycles. The summed E-state index contributed by atoms with van der Waals surface area (Å²) in [6, 6.07) is 0. The molecule has 3 N–H and O–H groups in total. The van der Waals surface area contributed by atoms with Gasteiger partial charge in [0.2, 0.25) is 5.91 Å². The Balaban J connectivity index is 0.000001000. The van der Waals surface area contributed by atoms with E-state index in [0.717, 1.165) is 19.5 Å². The number of hydrogen-bond acceptors (Lipinski definition) is 3. The van der Waals surface area contributed by atoms with Crippen LogP contribution in [0.3, 0.4) is 0 Å². The van der Waals surface area contributed by atoms with Crippen LogP contribution in [-0.4, -0.2) is 31.7 Å². The summed E-state index contributed by atoms with van der Waals surface area (Å²) in [5.74, 6) is -0.396. The first-order valence-corrected chi connectivity index (χ1v) is 3.39. The number of nitrogens with two attached hydrogens (primary N) is 1. The van der Waals surface area contributed by atoms with E-state index in [1.54, 1.807) is 0 Å². The maximum atomic E-state index is 10.2. The van der Waals surface area contributed by atoms with Gasteiger partial charge in [-0.25, -0.2) is 0 Å². The van der Waals surface area contributed by atoms with E-state index in [-0.39, 0.29) is 25.1 Å². The summed E-state index contributed by atoms with van der Waals surface area (Å²) in [6.07, 6.45) is 1.17. The SMILES string of the molecule is Cl.NC(=O)COC1CCNC1. The van der Waals surface area contributed by atoms with Crippen LogP contribution in [0.2, 0.25) is 0 Å². The van der Waals surface area contributed by atoms with Gasteiger partial charge in [0, 0.05) is 6.54 Å². The summed E-state index contributed by atoms with van der Waals surface area (Å²) in [4.78, 5) is 10.2. The molecular formula is C6H13ClN2O2. The quantitative estimate of drug-likeness (QED) is 0.602. The Morgan fingerprint density at radius 1 is 1.73 bits per heavy atom. The number of amides is 1. The highest BCUT2D eigenvalue weighted by Gasteiger charge is 2.14. The molecule has 1 saturated heterocycles. The smallest absolute Gasteiger partial charge is 0.243 e. The zero-order valence-corrected chi connectivity index (χ0v) is 7.02. The van der Waals surface area contributed by atoms with Crippen LogP contribution in [0.4, 0.5) is 0 Å². The molecule has 0 spiro atoms. The van der Waals surface area contributed by atoms with Gasteiger partial charge in [0.15, 0.2) is 0 Å². The summed E-state index contributed by atoms with van der Waals surface area (Å²) in [5, 5.41) is 3.12.